The Balaban J connectivity index is 1.42. The highest BCUT2D eigenvalue weighted by Crippen LogP contribution is 2.46. The summed E-state index contributed by atoms with van der Waals surface area (Å²) in [7, 11) is 0. The second kappa shape index (κ2) is 33.7. The number of anilines is 3. The molecule has 0 amide bonds. The van der Waals surface area contributed by atoms with Crippen molar-refractivity contribution in [2.45, 2.75) is 182 Å². The Morgan fingerprint density at radius 3 is 1.37 bits per heavy atom. The van der Waals surface area contributed by atoms with Gasteiger partial charge in [-0.1, -0.05) is 143 Å². The predicted octanol–water partition coefficient (Wildman–Crippen LogP) is 20.4. The first kappa shape index (κ1) is 64.1. The van der Waals surface area contributed by atoms with Crippen molar-refractivity contribution in [3.63, 3.8) is 0 Å². The first-order valence-corrected chi connectivity index (χ1v) is 32.5. The van der Waals surface area contributed by atoms with Gasteiger partial charge in [-0.3, -0.25) is 0 Å². The number of nitrogens with zero attached hydrogens (tertiary/aromatic N) is 5. The van der Waals surface area contributed by atoms with Crippen LogP contribution in [-0.2, 0) is 29.0 Å². The van der Waals surface area contributed by atoms with Crippen molar-refractivity contribution in [3.8, 4) is 55.9 Å². The van der Waals surface area contributed by atoms with Crippen LogP contribution in [0.2, 0.25) is 0 Å². The number of rotatable bonds is 37. The molecule has 0 radical (unpaired) electrons. The van der Waals surface area contributed by atoms with Crippen LogP contribution in [0.15, 0.2) is 108 Å². The summed E-state index contributed by atoms with van der Waals surface area (Å²) in [5.41, 5.74) is 8.81. The first-order valence-electron chi connectivity index (χ1n) is 30.9. The average molecular weight is 1170 g/mol. The number of aromatic nitrogens is 2. The highest BCUT2D eigenvalue weighted by atomic mass is 32.1. The molecular formula is C71H85N5O6S2. The van der Waals surface area contributed by atoms with Gasteiger partial charge in [0.05, 0.1) is 24.2 Å². The number of nitriles is 2. The number of aryl methyl sites for hydroxylation is 3. The Hall–Kier alpha value is -7.45. The van der Waals surface area contributed by atoms with E-state index in [0.717, 1.165) is 208 Å². The standard InChI is InChI=1S/C71H85N5O6S2/c1-6-11-16-21-26-52-45-65(83-63(52)47-54(49-72)70(77)78)61-40-41-62(66-46-53(27-22-17-12-7-2)64(84-66)48-55(50-73)71(79)80)68-67(61)74-69(75(68)42-23-18-13-8-3)51-28-30-56(31-29-51)76(57-32-36-59(37-33-57)81-43-24-19-14-9-4)58-34-38-60(39-35-58)82-44-25-20-15-10-5/h28-41,45-48H,6-27,42-44H2,1-5H3,(H,77,78)(H,79,80)/b54-47+,55-48+. The molecular weight excluding hydrogens is 1080 g/mol. The predicted molar refractivity (Wildman–Crippen MR) is 348 cm³/mol. The van der Waals surface area contributed by atoms with Crippen LogP contribution in [0.3, 0.4) is 0 Å². The van der Waals surface area contributed by atoms with Crippen LogP contribution >= 0.6 is 22.7 Å². The topological polar surface area (TPSA) is 162 Å². The summed E-state index contributed by atoms with van der Waals surface area (Å²) in [6.45, 7) is 13.0. The molecule has 442 valence electrons. The third-order valence-electron chi connectivity index (χ3n) is 15.3. The first-order chi connectivity index (χ1) is 41.0. The minimum atomic E-state index is -1.26. The van der Waals surface area contributed by atoms with E-state index in [-0.39, 0.29) is 11.1 Å². The molecule has 2 N–H and O–H groups in total. The van der Waals surface area contributed by atoms with E-state index >= 15 is 0 Å². The monoisotopic (exact) mass is 1170 g/mol. The molecule has 4 aromatic carbocycles. The lowest BCUT2D eigenvalue weighted by molar-refractivity contribution is -0.133. The number of carboxylic acid groups (broad SMARTS) is 2. The molecule has 0 aliphatic carbocycles. The van der Waals surface area contributed by atoms with E-state index in [9.17, 15) is 30.3 Å². The molecule has 0 atom stereocenters. The van der Waals surface area contributed by atoms with E-state index in [0.29, 0.717) is 19.8 Å². The van der Waals surface area contributed by atoms with E-state index in [2.05, 4.69) is 117 Å². The molecule has 0 fully saturated rings. The minimum Gasteiger partial charge on any atom is -0.494 e. The maximum Gasteiger partial charge on any atom is 0.346 e. The summed E-state index contributed by atoms with van der Waals surface area (Å²) in [4.78, 5) is 35.9. The Labute approximate surface area is 506 Å². The molecule has 3 aromatic heterocycles. The van der Waals surface area contributed by atoms with Crippen LogP contribution < -0.4 is 14.4 Å². The summed E-state index contributed by atoms with van der Waals surface area (Å²) in [6.07, 6.45) is 26.0. The van der Waals surface area contributed by atoms with E-state index in [1.165, 1.54) is 60.5 Å². The van der Waals surface area contributed by atoms with Gasteiger partial charge in [0.25, 0.3) is 0 Å². The summed E-state index contributed by atoms with van der Waals surface area (Å²) in [6, 6.07) is 37.7. The molecule has 3 heterocycles. The maximum absolute atomic E-state index is 12.3. The number of imidazole rings is 1. The fourth-order valence-electron chi connectivity index (χ4n) is 10.6. The van der Waals surface area contributed by atoms with Gasteiger partial charge in [0.2, 0.25) is 0 Å². The van der Waals surface area contributed by atoms with E-state index in [1.54, 1.807) is 0 Å². The van der Waals surface area contributed by atoms with Gasteiger partial charge in [0.15, 0.2) is 0 Å². The SMILES string of the molecule is CCCCCCOc1ccc(N(c2ccc(OCCCCCC)cc2)c2ccc(-c3nc4c(-c5cc(CCCCCC)c(/C=C(\C#N)C(=O)O)s5)ccc(-c5cc(CCCCCC)c(/C=C(\C#N)C(=O)O)s5)c4n3CCCCCC)cc2)cc1. The highest BCUT2D eigenvalue weighted by molar-refractivity contribution is 7.17. The van der Waals surface area contributed by atoms with Crippen LogP contribution in [0.5, 0.6) is 11.5 Å². The largest absolute Gasteiger partial charge is 0.494 e. The van der Waals surface area contributed by atoms with Crippen molar-refractivity contribution >= 4 is 74.9 Å². The van der Waals surface area contributed by atoms with Crippen molar-refractivity contribution in [2.75, 3.05) is 18.1 Å². The van der Waals surface area contributed by atoms with Crippen molar-refractivity contribution in [2.24, 2.45) is 0 Å². The van der Waals surface area contributed by atoms with Gasteiger partial charge in [-0.15, -0.1) is 22.7 Å². The fourth-order valence-corrected chi connectivity index (χ4v) is 13.0. The van der Waals surface area contributed by atoms with Crippen molar-refractivity contribution < 1.29 is 29.3 Å². The number of fused-ring (bicyclic) bond motifs is 1. The van der Waals surface area contributed by atoms with Gasteiger partial charge in [-0.25, -0.2) is 14.6 Å². The molecule has 0 aliphatic rings. The van der Waals surface area contributed by atoms with Gasteiger partial charge in [0, 0.05) is 59.8 Å². The minimum absolute atomic E-state index is 0.308. The molecule has 0 saturated carbocycles. The van der Waals surface area contributed by atoms with Crippen LogP contribution in [0, 0.1) is 22.7 Å². The van der Waals surface area contributed by atoms with Gasteiger partial charge >= 0.3 is 11.9 Å². The normalized spacial score (nSPS) is 11.7. The summed E-state index contributed by atoms with van der Waals surface area (Å²) >= 11 is 2.99. The lowest BCUT2D eigenvalue weighted by Gasteiger charge is -2.26. The van der Waals surface area contributed by atoms with E-state index < -0.39 is 11.9 Å². The lowest BCUT2D eigenvalue weighted by Crippen LogP contribution is -2.10. The van der Waals surface area contributed by atoms with Crippen LogP contribution in [-0.4, -0.2) is 44.9 Å². The molecule has 0 saturated heterocycles. The Morgan fingerprint density at radius 1 is 0.536 bits per heavy atom. The lowest BCUT2D eigenvalue weighted by atomic mass is 10.0. The smallest absolute Gasteiger partial charge is 0.346 e. The number of hydrogen-bond donors (Lipinski definition) is 2. The number of hydrogen-bond acceptors (Lipinski definition) is 10. The second-order valence-electron chi connectivity index (χ2n) is 21.8. The molecule has 0 aliphatic heterocycles. The van der Waals surface area contributed by atoms with E-state index in [1.807, 2.05) is 36.4 Å². The molecule has 0 unspecified atom stereocenters. The molecule has 7 aromatic rings. The molecule has 11 nitrogen and oxygen atoms in total. The van der Waals surface area contributed by atoms with Gasteiger partial charge in [0.1, 0.15) is 40.6 Å². The maximum atomic E-state index is 12.3. The Kier molecular flexibility index (Phi) is 25.8. The second-order valence-corrected chi connectivity index (χ2v) is 23.9. The van der Waals surface area contributed by atoms with Crippen molar-refractivity contribution in [1.82, 2.24) is 9.55 Å². The van der Waals surface area contributed by atoms with Crippen molar-refractivity contribution in [3.05, 3.63) is 129 Å². The number of thiophene rings is 2. The number of unbranched alkanes of at least 4 members (excludes halogenated alkanes) is 15. The molecule has 84 heavy (non-hydrogen) atoms. The van der Waals surface area contributed by atoms with Gasteiger partial charge in [-0.05, 0) is 153 Å². The fraction of sp³-hybridized carbons (Fsp3) is 0.423. The zero-order chi connectivity index (χ0) is 59.6. The number of carboxylic acids is 2. The van der Waals surface area contributed by atoms with E-state index in [4.69, 9.17) is 14.5 Å². The number of benzene rings is 4. The number of carbonyl (C=O) groups is 2. The third-order valence-corrected chi connectivity index (χ3v) is 17.6. The number of ether oxygens (including phenoxy) is 2. The van der Waals surface area contributed by atoms with Crippen LogP contribution in [0.1, 0.15) is 184 Å². The summed E-state index contributed by atoms with van der Waals surface area (Å²) in [5, 5.41) is 40.0. The van der Waals surface area contributed by atoms with Crippen LogP contribution in [0.4, 0.5) is 17.1 Å². The molecule has 7 rings (SSSR count). The highest BCUT2D eigenvalue weighted by Gasteiger charge is 2.25. The van der Waals surface area contributed by atoms with Crippen molar-refractivity contribution in [1.29, 1.82) is 10.5 Å². The zero-order valence-corrected chi connectivity index (χ0v) is 51.8. The third kappa shape index (κ3) is 17.6. The number of aliphatic carboxylic acids is 2. The van der Waals surface area contributed by atoms with Gasteiger partial charge in [-0.2, -0.15) is 10.5 Å². The molecule has 0 spiro atoms. The Bertz CT molecular complexity index is 3310. The van der Waals surface area contributed by atoms with Crippen LogP contribution in [0.25, 0.3) is 55.5 Å². The molecule has 0 bridgehead atoms. The summed E-state index contributed by atoms with van der Waals surface area (Å²) < 4.78 is 14.8. The average Bonchev–Trinajstić information content (AvgIpc) is 3.31. The Morgan fingerprint density at radius 2 is 0.940 bits per heavy atom. The quantitative estimate of drug-likeness (QED) is 0.0218. The molecule has 13 heteroatoms. The van der Waals surface area contributed by atoms with Gasteiger partial charge < -0.3 is 29.2 Å². The zero-order valence-electron chi connectivity index (χ0n) is 50.1. The summed E-state index contributed by atoms with van der Waals surface area (Å²) in [5.74, 6) is -0.0381.